The van der Waals surface area contributed by atoms with E-state index in [0.717, 1.165) is 44.9 Å². The van der Waals surface area contributed by atoms with Gasteiger partial charge in [-0.2, -0.15) is 0 Å². The van der Waals surface area contributed by atoms with Crippen LogP contribution in [-0.2, 0) is 73.5 Å². The van der Waals surface area contributed by atoms with Crippen molar-refractivity contribution in [3.63, 3.8) is 0 Å². The Bertz CT molecular complexity index is 2720. The number of Topliss-reactive ketones (excluding diaryl/α,β-unsaturated/α-hetero) is 6. The van der Waals surface area contributed by atoms with Gasteiger partial charge in [-0.25, -0.2) is 4.79 Å². The first-order chi connectivity index (χ1) is 47.0. The van der Waals surface area contributed by atoms with Crippen molar-refractivity contribution in [1.29, 1.82) is 0 Å². The number of carboxylic acid groups (broad SMARTS) is 4. The van der Waals surface area contributed by atoms with E-state index in [1.165, 1.54) is 90.2 Å². The van der Waals surface area contributed by atoms with Crippen molar-refractivity contribution in [2.45, 2.75) is 304 Å². The third-order valence-electron chi connectivity index (χ3n) is 19.5. The summed E-state index contributed by atoms with van der Waals surface area (Å²) >= 11 is 0. The molecule has 1 aliphatic carbocycles. The lowest BCUT2D eigenvalue weighted by atomic mass is 9.75. The van der Waals surface area contributed by atoms with Gasteiger partial charge in [0, 0.05) is 107 Å². The van der Waals surface area contributed by atoms with Crippen molar-refractivity contribution in [2.75, 3.05) is 13.1 Å². The molecular weight excluding hydrogens is 1270 g/mol. The largest absolute Gasteiger partial charge is 0.508 e. The highest BCUT2D eigenvalue weighted by Crippen LogP contribution is 2.33. The van der Waals surface area contributed by atoms with Gasteiger partial charge >= 0.3 is 23.9 Å². The number of carbonyl (C=O) groups excluding carboxylic acids is 10. The summed E-state index contributed by atoms with van der Waals surface area (Å²) in [6.07, 6.45) is 21.4. The molecular formula is C76H120N4O19. The Morgan fingerprint density at radius 1 is 0.475 bits per heavy atom. The zero-order valence-electron chi connectivity index (χ0n) is 60.1. The highest BCUT2D eigenvalue weighted by Gasteiger charge is 2.37. The first-order valence-electron chi connectivity index (χ1n) is 36.9. The molecule has 0 bridgehead atoms. The van der Waals surface area contributed by atoms with Crippen LogP contribution in [0, 0.1) is 40.9 Å². The molecule has 99 heavy (non-hydrogen) atoms. The van der Waals surface area contributed by atoms with Crippen molar-refractivity contribution in [1.82, 2.24) is 21.3 Å². The molecule has 1 aliphatic rings. The number of aliphatic carboxylic acids is 4. The van der Waals surface area contributed by atoms with E-state index < -0.39 is 108 Å². The van der Waals surface area contributed by atoms with E-state index in [4.69, 9.17) is 5.11 Å². The molecule has 23 nitrogen and oxygen atoms in total. The molecule has 0 heterocycles. The minimum Gasteiger partial charge on any atom is -0.508 e. The fourth-order valence-corrected chi connectivity index (χ4v) is 13.0. The van der Waals surface area contributed by atoms with E-state index in [0.29, 0.717) is 76.3 Å². The molecule has 0 saturated heterocycles. The van der Waals surface area contributed by atoms with Crippen molar-refractivity contribution < 1.29 is 92.7 Å². The molecule has 0 unspecified atom stereocenters. The topological polar surface area (TPSA) is 388 Å². The Morgan fingerprint density at radius 3 is 1.51 bits per heavy atom. The summed E-state index contributed by atoms with van der Waals surface area (Å²) in [5, 5.41) is 58.8. The maximum Gasteiger partial charge on any atom is 0.326 e. The number of hydrogen-bond donors (Lipinski definition) is 9. The first-order valence-corrected chi connectivity index (χ1v) is 36.9. The van der Waals surface area contributed by atoms with Gasteiger partial charge in [0.05, 0.1) is 17.9 Å². The summed E-state index contributed by atoms with van der Waals surface area (Å²) in [6.45, 7) is 8.59. The number of hydrogen-bond acceptors (Lipinski definition) is 15. The summed E-state index contributed by atoms with van der Waals surface area (Å²) in [5.41, 5.74) is -0.464. The summed E-state index contributed by atoms with van der Waals surface area (Å²) in [6, 6.07) is 3.78. The van der Waals surface area contributed by atoms with Crippen molar-refractivity contribution in [3.05, 3.63) is 29.8 Å². The van der Waals surface area contributed by atoms with Crippen LogP contribution < -0.4 is 21.3 Å². The van der Waals surface area contributed by atoms with Gasteiger partial charge in [0.1, 0.15) is 40.7 Å². The number of benzene rings is 1. The standard InChI is InChI=1S/C76H120N4O19/c1-6-7-26-58(47-66(86)64(79-53(3)82)45-54-32-38-61(83)39-33-54)67(87)50-76(4,5)68(88)49-57(52(2)81)27-24-25-44-77-70(90)42-36-59(73(94)95)46-62(84)40-41-63(75(98)99)80-71(91)43-37-60(74(96)97)48-65(85)56-34-30-55(31-35-56)51-78-69(89)28-22-20-18-16-14-12-10-8-9-11-13-15-17-19-21-23-29-72(92)93/h32-33,38-39,55-60,63-64,83H,6-31,34-37,40-51H2,1-5H3,(H,77,90)(H,78,89)(H,79,82)(H,80,91)(H,92,93)(H,94,95)(H,96,97)(H,98,99)/t55?,56?,57-,58-,59-,60-,63+,64-/m1/s1. The lowest BCUT2D eigenvalue weighted by Crippen LogP contribution is -2.42. The summed E-state index contributed by atoms with van der Waals surface area (Å²) in [5.74, 6) is -12.4. The van der Waals surface area contributed by atoms with Crippen LogP contribution in [0.3, 0.4) is 0 Å². The van der Waals surface area contributed by atoms with E-state index in [1.807, 2.05) is 6.92 Å². The third kappa shape index (κ3) is 40.6. The average Bonchev–Trinajstić information content (AvgIpc) is 0.853. The van der Waals surface area contributed by atoms with Crippen LogP contribution in [0.5, 0.6) is 5.75 Å². The zero-order valence-corrected chi connectivity index (χ0v) is 60.1. The van der Waals surface area contributed by atoms with Gasteiger partial charge in [0.25, 0.3) is 0 Å². The summed E-state index contributed by atoms with van der Waals surface area (Å²) < 4.78 is 0. The molecule has 2 rings (SSSR count). The van der Waals surface area contributed by atoms with Gasteiger partial charge in [-0.3, -0.25) is 62.3 Å². The number of unbranched alkanes of at least 4 members (excludes halogenated alkanes) is 17. The molecule has 0 spiro atoms. The fourth-order valence-electron chi connectivity index (χ4n) is 13.0. The van der Waals surface area contributed by atoms with Gasteiger partial charge in [-0.15, -0.1) is 0 Å². The molecule has 1 fully saturated rings. The molecule has 9 N–H and O–H groups in total. The molecule has 4 amide bonds. The summed E-state index contributed by atoms with van der Waals surface area (Å²) in [4.78, 5) is 178. The van der Waals surface area contributed by atoms with Crippen molar-refractivity contribution in [2.24, 2.45) is 40.9 Å². The quantitative estimate of drug-likeness (QED) is 0.0274. The van der Waals surface area contributed by atoms with Crippen molar-refractivity contribution in [3.8, 4) is 5.75 Å². The second-order valence-corrected chi connectivity index (χ2v) is 28.6. The second kappa shape index (κ2) is 50.2. The number of rotatable bonds is 60. The van der Waals surface area contributed by atoms with E-state index in [-0.39, 0.29) is 123 Å². The molecule has 23 heteroatoms. The molecule has 1 aromatic rings. The highest BCUT2D eigenvalue weighted by atomic mass is 16.4. The highest BCUT2D eigenvalue weighted by molar-refractivity contribution is 5.97. The second-order valence-electron chi connectivity index (χ2n) is 28.6. The van der Waals surface area contributed by atoms with E-state index >= 15 is 0 Å². The van der Waals surface area contributed by atoms with Crippen LogP contribution in [0.4, 0.5) is 0 Å². The van der Waals surface area contributed by atoms with Crippen LogP contribution in [0.1, 0.15) is 291 Å². The SMILES string of the molecule is CCCC[C@H](CC(=O)[C@@H](Cc1ccc(O)cc1)NC(C)=O)C(=O)CC(C)(C)C(=O)C[C@@H](CCCCNC(=O)CC[C@H](CC(=O)CC[C@H](NC(=O)CC[C@H](CC(=O)C1CCC(CNC(=O)CCCCCCCCCCCCCCCCCCC(=O)O)CC1)C(=O)O)C(=O)O)C(=O)O)C(C)=O. The van der Waals surface area contributed by atoms with Crippen LogP contribution in [-0.4, -0.2) is 133 Å². The third-order valence-corrected chi connectivity index (χ3v) is 19.5. The monoisotopic (exact) mass is 1390 g/mol. The predicted octanol–water partition coefficient (Wildman–Crippen LogP) is 11.9. The Morgan fingerprint density at radius 2 is 0.990 bits per heavy atom. The van der Waals surface area contributed by atoms with Crippen LogP contribution >= 0.6 is 0 Å². The fraction of sp³-hybridized carbons (Fsp3) is 0.737. The number of ketones is 6. The normalized spacial score (nSPS) is 15.6. The van der Waals surface area contributed by atoms with E-state index in [1.54, 1.807) is 26.0 Å². The van der Waals surface area contributed by atoms with Gasteiger partial charge in [0.2, 0.25) is 23.6 Å². The number of carbonyl (C=O) groups is 14. The molecule has 0 radical (unpaired) electrons. The zero-order chi connectivity index (χ0) is 73.7. The molecule has 1 saturated carbocycles. The van der Waals surface area contributed by atoms with Gasteiger partial charge in [-0.1, -0.05) is 142 Å². The van der Waals surface area contributed by atoms with Gasteiger partial charge < -0.3 is 46.8 Å². The van der Waals surface area contributed by atoms with E-state index in [2.05, 4.69) is 21.3 Å². The van der Waals surface area contributed by atoms with Gasteiger partial charge in [-0.05, 0) is 114 Å². The number of phenols is 1. The first kappa shape index (κ1) is 87.9. The van der Waals surface area contributed by atoms with Crippen LogP contribution in [0.15, 0.2) is 24.3 Å². The molecule has 1 aromatic carbocycles. The van der Waals surface area contributed by atoms with E-state index in [9.17, 15) is 87.5 Å². The number of phenolic OH excluding ortho intramolecular Hbond substituents is 1. The van der Waals surface area contributed by atoms with Crippen molar-refractivity contribution >= 4 is 82.2 Å². The smallest absolute Gasteiger partial charge is 0.326 e. The Labute approximate surface area is 586 Å². The van der Waals surface area contributed by atoms with Crippen LogP contribution in [0.25, 0.3) is 0 Å². The number of amides is 4. The molecule has 0 aliphatic heterocycles. The Balaban J connectivity index is 1.69. The molecule has 0 aromatic heterocycles. The maximum absolute atomic E-state index is 13.9. The molecule has 558 valence electrons. The Hall–Kier alpha value is -7.20. The molecule has 6 atom stereocenters. The van der Waals surface area contributed by atoms with Crippen LogP contribution in [0.2, 0.25) is 0 Å². The van der Waals surface area contributed by atoms with Gasteiger partial charge in [0.15, 0.2) is 5.78 Å². The minimum absolute atomic E-state index is 0.0164. The number of aromatic hydroxyl groups is 1. The summed E-state index contributed by atoms with van der Waals surface area (Å²) in [7, 11) is 0. The predicted molar refractivity (Wildman–Crippen MR) is 374 cm³/mol. The number of nitrogens with one attached hydrogen (secondary N) is 4. The minimum atomic E-state index is -1.56. The number of carboxylic acids is 4. The lowest BCUT2D eigenvalue weighted by molar-refractivity contribution is -0.145. The Kier molecular flexibility index (Phi) is 44.5. The maximum atomic E-state index is 13.9. The average molecular weight is 1390 g/mol. The lowest BCUT2D eigenvalue weighted by Gasteiger charge is -2.28.